The Hall–Kier alpha value is -3.57. The molecule has 6 heteroatoms. The molecule has 0 saturated carbocycles. The highest BCUT2D eigenvalue weighted by molar-refractivity contribution is 6.31. The van der Waals surface area contributed by atoms with Gasteiger partial charge in [0.2, 0.25) is 5.91 Å². The summed E-state index contributed by atoms with van der Waals surface area (Å²) in [7, 11) is 0. The van der Waals surface area contributed by atoms with E-state index < -0.39 is 0 Å². The number of nitrogens with one attached hydrogen (secondary N) is 2. The maximum absolute atomic E-state index is 13.4. The number of aryl methyl sites for hydroxylation is 1. The van der Waals surface area contributed by atoms with Gasteiger partial charge in [-0.15, -0.1) is 0 Å². The fourth-order valence-electron chi connectivity index (χ4n) is 4.92. The standard InChI is InChI=1S/C29H28ClN3O2/c1-2-19-10-13-23(14-11-19)31-28(34)21-9-6-16-33(18-21)27-26(20-7-4-3-5-8-20)24-17-22(30)12-15-25(24)32-29(27)35/h3-5,7-8,10-15,17,21H,2,6,9,16,18H2,1H3,(H,31,34)(H,32,35)/t21-/m1/s1. The zero-order valence-corrected chi connectivity index (χ0v) is 20.4. The molecule has 2 heterocycles. The van der Waals surface area contributed by atoms with Crippen molar-refractivity contribution in [1.29, 1.82) is 0 Å². The normalized spacial score (nSPS) is 15.8. The molecular weight excluding hydrogens is 458 g/mol. The number of rotatable bonds is 5. The average molecular weight is 486 g/mol. The molecule has 3 aromatic carbocycles. The monoisotopic (exact) mass is 485 g/mol. The lowest BCUT2D eigenvalue weighted by Gasteiger charge is -2.34. The van der Waals surface area contributed by atoms with Gasteiger partial charge in [-0.05, 0) is 60.7 Å². The Morgan fingerprint density at radius 3 is 2.60 bits per heavy atom. The first-order chi connectivity index (χ1) is 17.0. The van der Waals surface area contributed by atoms with Crippen molar-refractivity contribution in [3.8, 4) is 11.1 Å². The third kappa shape index (κ3) is 4.82. The number of amides is 1. The van der Waals surface area contributed by atoms with E-state index in [2.05, 4.69) is 22.1 Å². The summed E-state index contributed by atoms with van der Waals surface area (Å²) in [6.07, 6.45) is 2.57. The van der Waals surface area contributed by atoms with E-state index in [1.165, 1.54) is 5.56 Å². The molecule has 178 valence electrons. The number of pyridine rings is 1. The molecule has 5 rings (SSSR count). The maximum atomic E-state index is 13.4. The van der Waals surface area contributed by atoms with Crippen LogP contribution < -0.4 is 15.8 Å². The molecule has 1 atom stereocenters. The van der Waals surface area contributed by atoms with Crippen LogP contribution in [0, 0.1) is 5.92 Å². The summed E-state index contributed by atoms with van der Waals surface area (Å²) < 4.78 is 0. The predicted octanol–water partition coefficient (Wildman–Crippen LogP) is 6.27. The van der Waals surface area contributed by atoms with Crippen molar-refractivity contribution in [2.45, 2.75) is 26.2 Å². The number of hydrogen-bond donors (Lipinski definition) is 2. The van der Waals surface area contributed by atoms with Crippen molar-refractivity contribution in [2.75, 3.05) is 23.3 Å². The first kappa shape index (κ1) is 23.2. The number of carbonyl (C=O) groups excluding carboxylic acids is 1. The van der Waals surface area contributed by atoms with Gasteiger partial charge in [0.15, 0.2) is 0 Å². The zero-order valence-electron chi connectivity index (χ0n) is 19.7. The van der Waals surface area contributed by atoms with Crippen LogP contribution in [0.2, 0.25) is 5.02 Å². The Balaban J connectivity index is 1.50. The van der Waals surface area contributed by atoms with Gasteiger partial charge in [0.1, 0.15) is 5.69 Å². The number of halogens is 1. The maximum Gasteiger partial charge on any atom is 0.272 e. The molecule has 2 N–H and O–H groups in total. The first-order valence-electron chi connectivity index (χ1n) is 12.1. The number of carbonyl (C=O) groups is 1. The Kier molecular flexibility index (Phi) is 6.60. The van der Waals surface area contributed by atoms with Crippen molar-refractivity contribution >= 4 is 39.8 Å². The summed E-state index contributed by atoms with van der Waals surface area (Å²) in [5.74, 6) is -0.229. The van der Waals surface area contributed by atoms with Gasteiger partial charge < -0.3 is 15.2 Å². The summed E-state index contributed by atoms with van der Waals surface area (Å²) in [5, 5.41) is 4.56. The lowest BCUT2D eigenvalue weighted by atomic mass is 9.93. The van der Waals surface area contributed by atoms with Gasteiger partial charge in [0.05, 0.1) is 5.92 Å². The molecule has 1 aliphatic rings. The summed E-state index contributed by atoms with van der Waals surface area (Å²) in [5.41, 5.74) is 5.00. The molecule has 0 bridgehead atoms. The van der Waals surface area contributed by atoms with E-state index in [9.17, 15) is 9.59 Å². The van der Waals surface area contributed by atoms with Crippen LogP contribution >= 0.6 is 11.6 Å². The summed E-state index contributed by atoms with van der Waals surface area (Å²) in [4.78, 5) is 31.7. The number of H-pyrrole nitrogens is 1. The number of aromatic nitrogens is 1. The summed E-state index contributed by atoms with van der Waals surface area (Å²) >= 11 is 6.36. The van der Waals surface area contributed by atoms with Gasteiger partial charge in [0.25, 0.3) is 5.56 Å². The lowest BCUT2D eigenvalue weighted by Crippen LogP contribution is -2.43. The van der Waals surface area contributed by atoms with Gasteiger partial charge in [-0.1, -0.05) is 61.0 Å². The number of hydrogen-bond acceptors (Lipinski definition) is 3. The third-order valence-electron chi connectivity index (χ3n) is 6.75. The molecule has 0 aliphatic carbocycles. The van der Waals surface area contributed by atoms with Gasteiger partial charge in [-0.2, -0.15) is 0 Å². The Bertz CT molecular complexity index is 1410. The number of benzene rings is 3. The molecule has 4 aromatic rings. The second-order valence-electron chi connectivity index (χ2n) is 9.06. The van der Waals surface area contributed by atoms with Crippen LogP contribution in [0.15, 0.2) is 77.6 Å². The molecule has 1 amide bonds. The fraction of sp³-hybridized carbons (Fsp3) is 0.241. The molecule has 35 heavy (non-hydrogen) atoms. The number of piperidine rings is 1. The minimum absolute atomic E-state index is 0.0135. The molecule has 5 nitrogen and oxygen atoms in total. The molecule has 0 unspecified atom stereocenters. The third-order valence-corrected chi connectivity index (χ3v) is 6.99. The number of nitrogens with zero attached hydrogens (tertiary/aromatic N) is 1. The lowest BCUT2D eigenvalue weighted by molar-refractivity contribution is -0.120. The Morgan fingerprint density at radius 1 is 1.09 bits per heavy atom. The number of fused-ring (bicyclic) bond motifs is 1. The van der Waals surface area contributed by atoms with Crippen LogP contribution in [0.5, 0.6) is 0 Å². The van der Waals surface area contributed by atoms with Crippen molar-refractivity contribution in [3.63, 3.8) is 0 Å². The van der Waals surface area contributed by atoms with E-state index in [-0.39, 0.29) is 17.4 Å². The molecule has 1 saturated heterocycles. The van der Waals surface area contributed by atoms with Crippen LogP contribution in [0.4, 0.5) is 11.4 Å². The van der Waals surface area contributed by atoms with Gasteiger partial charge in [-0.3, -0.25) is 9.59 Å². The van der Waals surface area contributed by atoms with E-state index >= 15 is 0 Å². The smallest absolute Gasteiger partial charge is 0.272 e. The van der Waals surface area contributed by atoms with E-state index in [1.807, 2.05) is 66.7 Å². The topological polar surface area (TPSA) is 65.2 Å². The Morgan fingerprint density at radius 2 is 1.86 bits per heavy atom. The van der Waals surface area contributed by atoms with Crippen molar-refractivity contribution in [1.82, 2.24) is 4.98 Å². The predicted molar refractivity (Wildman–Crippen MR) is 144 cm³/mol. The molecule has 1 aliphatic heterocycles. The van der Waals surface area contributed by atoms with Crippen molar-refractivity contribution in [2.24, 2.45) is 5.92 Å². The minimum Gasteiger partial charge on any atom is -0.366 e. The minimum atomic E-state index is -0.215. The van der Waals surface area contributed by atoms with Crippen molar-refractivity contribution in [3.05, 3.63) is 93.7 Å². The summed E-state index contributed by atoms with van der Waals surface area (Å²) in [6.45, 7) is 3.30. The van der Waals surface area contributed by atoms with Crippen LogP contribution in [0.25, 0.3) is 22.0 Å². The Labute approximate surface area is 209 Å². The van der Waals surface area contributed by atoms with Gasteiger partial charge in [0, 0.05) is 40.3 Å². The summed E-state index contributed by atoms with van der Waals surface area (Å²) in [6, 6.07) is 23.4. The van der Waals surface area contributed by atoms with E-state index in [4.69, 9.17) is 11.6 Å². The van der Waals surface area contributed by atoms with E-state index in [0.717, 1.165) is 47.0 Å². The molecule has 1 aromatic heterocycles. The number of anilines is 2. The van der Waals surface area contributed by atoms with Crippen LogP contribution in [-0.2, 0) is 11.2 Å². The molecule has 0 radical (unpaired) electrons. The first-order valence-corrected chi connectivity index (χ1v) is 12.5. The fourth-order valence-corrected chi connectivity index (χ4v) is 5.09. The second kappa shape index (κ2) is 9.96. The average Bonchev–Trinajstić information content (AvgIpc) is 2.89. The SMILES string of the molecule is CCc1ccc(NC(=O)[C@@H]2CCCN(c3c(-c4ccccc4)c4cc(Cl)ccc4[nH]c3=O)C2)cc1. The van der Waals surface area contributed by atoms with Crippen LogP contribution in [0.3, 0.4) is 0 Å². The molecule has 1 fully saturated rings. The quantitative estimate of drug-likeness (QED) is 0.350. The van der Waals surface area contributed by atoms with Gasteiger partial charge in [-0.25, -0.2) is 0 Å². The highest BCUT2D eigenvalue weighted by Crippen LogP contribution is 2.37. The number of aromatic amines is 1. The largest absolute Gasteiger partial charge is 0.366 e. The molecular formula is C29H28ClN3O2. The van der Waals surface area contributed by atoms with Crippen molar-refractivity contribution < 1.29 is 4.79 Å². The van der Waals surface area contributed by atoms with Gasteiger partial charge >= 0.3 is 0 Å². The van der Waals surface area contributed by atoms with E-state index in [0.29, 0.717) is 23.8 Å². The highest BCUT2D eigenvalue weighted by atomic mass is 35.5. The van der Waals surface area contributed by atoms with Crippen LogP contribution in [0.1, 0.15) is 25.3 Å². The zero-order chi connectivity index (χ0) is 24.4. The second-order valence-corrected chi connectivity index (χ2v) is 9.49. The molecule has 0 spiro atoms. The van der Waals surface area contributed by atoms with Crippen LogP contribution in [-0.4, -0.2) is 24.0 Å². The highest BCUT2D eigenvalue weighted by Gasteiger charge is 2.29. The van der Waals surface area contributed by atoms with E-state index in [1.54, 1.807) is 6.07 Å².